The Bertz CT molecular complexity index is 508. The number of methoxy groups -OCH3 is 1. The van der Waals surface area contributed by atoms with E-state index < -0.39 is 0 Å². The minimum atomic E-state index is 0.734. The van der Waals surface area contributed by atoms with E-state index in [1.54, 1.807) is 7.11 Å². The molecular weight excluding hydrogens is 238 g/mol. The summed E-state index contributed by atoms with van der Waals surface area (Å²) in [7, 11) is 1.70. The quantitative estimate of drug-likeness (QED) is 0.776. The molecule has 0 aliphatic heterocycles. The summed E-state index contributed by atoms with van der Waals surface area (Å²) in [6.07, 6.45) is 5.14. The Morgan fingerprint density at radius 3 is 2.95 bits per heavy atom. The van der Waals surface area contributed by atoms with Crippen LogP contribution in [0.25, 0.3) is 0 Å². The molecule has 0 spiro atoms. The second kappa shape index (κ2) is 6.95. The molecule has 1 aromatic heterocycles. The molecule has 4 nitrogen and oxygen atoms in total. The molecule has 2 rings (SSSR count). The summed E-state index contributed by atoms with van der Waals surface area (Å²) in [6.45, 7) is 4.81. The van der Waals surface area contributed by atoms with Gasteiger partial charge in [0.05, 0.1) is 19.9 Å². The lowest BCUT2D eigenvalue weighted by atomic mass is 10.2. The number of aromatic nitrogens is 2. The van der Waals surface area contributed by atoms with Crippen LogP contribution in [0.5, 0.6) is 5.75 Å². The van der Waals surface area contributed by atoms with E-state index in [0.29, 0.717) is 0 Å². The molecule has 0 radical (unpaired) electrons. The Hall–Kier alpha value is -1.81. The highest BCUT2D eigenvalue weighted by atomic mass is 16.5. The first-order chi connectivity index (χ1) is 9.33. The van der Waals surface area contributed by atoms with Crippen molar-refractivity contribution in [3.05, 3.63) is 47.8 Å². The molecule has 1 aromatic carbocycles. The summed E-state index contributed by atoms with van der Waals surface area (Å²) in [5.74, 6) is 0.906. The van der Waals surface area contributed by atoms with Crippen LogP contribution in [0.1, 0.15) is 24.5 Å². The maximum absolute atomic E-state index is 5.35. The van der Waals surface area contributed by atoms with Crippen LogP contribution in [-0.2, 0) is 13.1 Å². The van der Waals surface area contributed by atoms with Gasteiger partial charge in [-0.3, -0.25) is 4.68 Å². The maximum atomic E-state index is 5.35. The van der Waals surface area contributed by atoms with Gasteiger partial charge < -0.3 is 10.1 Å². The van der Waals surface area contributed by atoms with Crippen molar-refractivity contribution >= 4 is 0 Å². The molecule has 0 unspecified atom stereocenters. The summed E-state index contributed by atoms with van der Waals surface area (Å²) in [4.78, 5) is 0. The molecule has 0 aliphatic rings. The molecule has 0 saturated heterocycles. The van der Waals surface area contributed by atoms with Crippen molar-refractivity contribution in [1.82, 2.24) is 15.1 Å². The standard InChI is InChI=1S/C15H21N3O/c1-3-8-16-9-13-10-17-18(11-13)12-14-6-4-5-7-15(14)19-2/h4-7,10-11,16H,3,8-9,12H2,1-2H3. The Morgan fingerprint density at radius 2 is 2.16 bits per heavy atom. The van der Waals surface area contributed by atoms with Crippen LogP contribution in [0, 0.1) is 0 Å². The number of para-hydroxylation sites is 1. The molecule has 0 aliphatic carbocycles. The van der Waals surface area contributed by atoms with Crippen molar-refractivity contribution in [1.29, 1.82) is 0 Å². The molecule has 102 valence electrons. The average molecular weight is 259 g/mol. The Labute approximate surface area is 114 Å². The number of nitrogens with zero attached hydrogens (tertiary/aromatic N) is 2. The molecule has 0 atom stereocenters. The predicted octanol–water partition coefficient (Wildman–Crippen LogP) is 2.44. The molecule has 0 bridgehead atoms. The summed E-state index contributed by atoms with van der Waals surface area (Å²) < 4.78 is 7.30. The summed E-state index contributed by atoms with van der Waals surface area (Å²) in [5.41, 5.74) is 2.35. The largest absolute Gasteiger partial charge is 0.496 e. The number of rotatable bonds is 7. The van der Waals surface area contributed by atoms with Gasteiger partial charge in [0, 0.05) is 23.9 Å². The van der Waals surface area contributed by atoms with Crippen molar-refractivity contribution < 1.29 is 4.74 Å². The van der Waals surface area contributed by atoms with Gasteiger partial charge in [0.1, 0.15) is 5.75 Å². The van der Waals surface area contributed by atoms with E-state index in [-0.39, 0.29) is 0 Å². The van der Waals surface area contributed by atoms with E-state index in [4.69, 9.17) is 4.74 Å². The van der Waals surface area contributed by atoms with Crippen LogP contribution in [0.2, 0.25) is 0 Å². The first-order valence-electron chi connectivity index (χ1n) is 6.67. The van der Waals surface area contributed by atoms with Gasteiger partial charge in [-0.1, -0.05) is 25.1 Å². The number of hydrogen-bond donors (Lipinski definition) is 1. The van der Waals surface area contributed by atoms with Gasteiger partial charge >= 0.3 is 0 Å². The van der Waals surface area contributed by atoms with Gasteiger partial charge in [-0.2, -0.15) is 5.10 Å². The Balaban J connectivity index is 1.99. The topological polar surface area (TPSA) is 39.1 Å². The highest BCUT2D eigenvalue weighted by molar-refractivity contribution is 5.33. The van der Waals surface area contributed by atoms with Crippen molar-refractivity contribution in [2.45, 2.75) is 26.4 Å². The van der Waals surface area contributed by atoms with Crippen LogP contribution >= 0.6 is 0 Å². The number of hydrogen-bond acceptors (Lipinski definition) is 3. The van der Waals surface area contributed by atoms with E-state index in [9.17, 15) is 0 Å². The van der Waals surface area contributed by atoms with Crippen LogP contribution in [-0.4, -0.2) is 23.4 Å². The zero-order valence-corrected chi connectivity index (χ0v) is 11.6. The molecule has 19 heavy (non-hydrogen) atoms. The SMILES string of the molecule is CCCNCc1cnn(Cc2ccccc2OC)c1. The first kappa shape index (κ1) is 13.6. The van der Waals surface area contributed by atoms with Crippen LogP contribution in [0.4, 0.5) is 0 Å². The number of benzene rings is 1. The molecule has 2 aromatic rings. The smallest absolute Gasteiger partial charge is 0.123 e. The lowest BCUT2D eigenvalue weighted by molar-refractivity contribution is 0.407. The minimum absolute atomic E-state index is 0.734. The third-order valence-electron chi connectivity index (χ3n) is 2.97. The van der Waals surface area contributed by atoms with Crippen LogP contribution in [0.3, 0.4) is 0 Å². The minimum Gasteiger partial charge on any atom is -0.496 e. The number of nitrogens with one attached hydrogen (secondary N) is 1. The second-order valence-electron chi connectivity index (χ2n) is 4.53. The van der Waals surface area contributed by atoms with Crippen molar-refractivity contribution in [3.8, 4) is 5.75 Å². The predicted molar refractivity (Wildman–Crippen MR) is 76.3 cm³/mol. The third kappa shape index (κ3) is 3.83. The summed E-state index contributed by atoms with van der Waals surface area (Å²) in [6, 6.07) is 8.04. The molecule has 1 N–H and O–H groups in total. The lowest BCUT2D eigenvalue weighted by Crippen LogP contribution is -2.13. The highest BCUT2D eigenvalue weighted by Gasteiger charge is 2.04. The molecular formula is C15H21N3O. The third-order valence-corrected chi connectivity index (χ3v) is 2.97. The summed E-state index contributed by atoms with van der Waals surface area (Å²) in [5, 5.41) is 7.76. The van der Waals surface area contributed by atoms with Crippen molar-refractivity contribution in [2.75, 3.05) is 13.7 Å². The van der Waals surface area contributed by atoms with Crippen molar-refractivity contribution in [2.24, 2.45) is 0 Å². The molecule has 0 fully saturated rings. The second-order valence-corrected chi connectivity index (χ2v) is 4.53. The Kier molecular flexibility index (Phi) is 4.98. The zero-order chi connectivity index (χ0) is 13.5. The molecule has 0 amide bonds. The Morgan fingerprint density at radius 1 is 1.32 bits per heavy atom. The lowest BCUT2D eigenvalue weighted by Gasteiger charge is -2.07. The van der Waals surface area contributed by atoms with Crippen molar-refractivity contribution in [3.63, 3.8) is 0 Å². The van der Waals surface area contributed by atoms with Gasteiger partial charge in [0.2, 0.25) is 0 Å². The zero-order valence-electron chi connectivity index (χ0n) is 11.6. The van der Waals surface area contributed by atoms with E-state index in [1.165, 1.54) is 5.56 Å². The van der Waals surface area contributed by atoms with Crippen LogP contribution in [0.15, 0.2) is 36.7 Å². The first-order valence-corrected chi connectivity index (χ1v) is 6.67. The normalized spacial score (nSPS) is 10.6. The van der Waals surface area contributed by atoms with E-state index in [1.807, 2.05) is 29.1 Å². The fraction of sp³-hybridized carbons (Fsp3) is 0.400. The fourth-order valence-electron chi connectivity index (χ4n) is 2.00. The average Bonchev–Trinajstić information content (AvgIpc) is 2.87. The monoisotopic (exact) mass is 259 g/mol. The maximum Gasteiger partial charge on any atom is 0.123 e. The summed E-state index contributed by atoms with van der Waals surface area (Å²) >= 11 is 0. The van der Waals surface area contributed by atoms with Gasteiger partial charge in [-0.25, -0.2) is 0 Å². The molecule has 1 heterocycles. The number of ether oxygens (including phenoxy) is 1. The van der Waals surface area contributed by atoms with Gasteiger partial charge in [-0.05, 0) is 19.0 Å². The fourth-order valence-corrected chi connectivity index (χ4v) is 2.00. The van der Waals surface area contributed by atoms with Gasteiger partial charge in [-0.15, -0.1) is 0 Å². The molecule has 4 heteroatoms. The van der Waals surface area contributed by atoms with E-state index in [2.05, 4.69) is 29.6 Å². The highest BCUT2D eigenvalue weighted by Crippen LogP contribution is 2.18. The van der Waals surface area contributed by atoms with Gasteiger partial charge in [0.15, 0.2) is 0 Å². The van der Waals surface area contributed by atoms with E-state index >= 15 is 0 Å². The van der Waals surface area contributed by atoms with Crippen LogP contribution < -0.4 is 10.1 Å². The van der Waals surface area contributed by atoms with Gasteiger partial charge in [0.25, 0.3) is 0 Å². The molecule has 0 saturated carbocycles. The van der Waals surface area contributed by atoms with E-state index in [0.717, 1.165) is 37.4 Å².